The second kappa shape index (κ2) is 9.00. The zero-order valence-corrected chi connectivity index (χ0v) is 21.7. The van der Waals surface area contributed by atoms with Crippen LogP contribution < -0.4 is 9.44 Å². The highest BCUT2D eigenvalue weighted by Gasteiger charge is 2.32. The van der Waals surface area contributed by atoms with Gasteiger partial charge in [0.15, 0.2) is 0 Å². The molecule has 0 unspecified atom stereocenters. The Morgan fingerprint density at radius 1 is 0.771 bits per heavy atom. The number of rotatable bonds is 5. The van der Waals surface area contributed by atoms with Crippen molar-refractivity contribution in [3.63, 3.8) is 0 Å². The lowest BCUT2D eigenvalue weighted by Crippen LogP contribution is -2.28. The maximum atomic E-state index is 14.4. The highest BCUT2D eigenvalue weighted by Crippen LogP contribution is 2.41. The number of benzene rings is 4. The molecular formula is C24H20Cl2N2O5S2. The number of sulfonamides is 2. The van der Waals surface area contributed by atoms with Crippen molar-refractivity contribution >= 4 is 65.4 Å². The van der Waals surface area contributed by atoms with Gasteiger partial charge in [0, 0.05) is 15.4 Å². The number of nitrogens with two attached hydrogens (primary N) is 1. The first-order valence-electron chi connectivity index (χ1n) is 10.2. The Hall–Kier alpha value is -2.82. The maximum Gasteiger partial charge on any atom is 0.269 e. The second-order valence-electron chi connectivity index (χ2n) is 8.00. The number of halogens is 2. The second-order valence-corrected chi connectivity index (χ2v) is 12.2. The molecule has 0 amide bonds. The number of hydrogen-bond acceptors (Lipinski definition) is 5. The van der Waals surface area contributed by atoms with Gasteiger partial charge in [0.1, 0.15) is 5.75 Å². The van der Waals surface area contributed by atoms with Crippen molar-refractivity contribution in [3.05, 3.63) is 87.9 Å². The standard InChI is InChI=1S/C24H20Cl2N2O5S2/c1-14-3-6-17(25)10-22(14)28(23-11-18(26)7-4-15(23)2)35(32,33)24-13-20(34(27,30)31)9-16-5-8-19(29)12-21(16)24/h3-13,29H,1-2H3,(H2,27,30,31). The van der Waals surface area contributed by atoms with Gasteiger partial charge in [-0.05, 0) is 78.9 Å². The largest absolute Gasteiger partial charge is 0.508 e. The number of hydrogen-bond donors (Lipinski definition) is 2. The summed E-state index contributed by atoms with van der Waals surface area (Å²) in [7, 11) is -8.79. The smallest absolute Gasteiger partial charge is 0.269 e. The first-order chi connectivity index (χ1) is 16.3. The molecule has 3 N–H and O–H groups in total. The molecule has 4 aromatic rings. The third-order valence-corrected chi connectivity index (χ3v) is 8.63. The topological polar surface area (TPSA) is 118 Å². The van der Waals surface area contributed by atoms with E-state index in [1.54, 1.807) is 38.1 Å². The van der Waals surface area contributed by atoms with E-state index in [9.17, 15) is 21.9 Å². The van der Waals surface area contributed by atoms with E-state index in [2.05, 4.69) is 0 Å². The normalized spacial score (nSPS) is 12.1. The number of fused-ring (bicyclic) bond motifs is 1. The van der Waals surface area contributed by atoms with E-state index >= 15 is 0 Å². The average Bonchev–Trinajstić information content (AvgIpc) is 2.77. The number of primary sulfonamides is 1. The minimum absolute atomic E-state index is 0.113. The molecule has 0 spiro atoms. The maximum absolute atomic E-state index is 14.4. The fraction of sp³-hybridized carbons (Fsp3) is 0.0833. The average molecular weight is 551 g/mol. The van der Waals surface area contributed by atoms with Crippen molar-refractivity contribution in [1.82, 2.24) is 0 Å². The molecule has 35 heavy (non-hydrogen) atoms. The lowest BCUT2D eigenvalue weighted by Gasteiger charge is -2.28. The van der Waals surface area contributed by atoms with Gasteiger partial charge >= 0.3 is 0 Å². The van der Waals surface area contributed by atoms with Crippen LogP contribution >= 0.6 is 23.2 Å². The lowest BCUT2D eigenvalue weighted by molar-refractivity contribution is 0.476. The number of aryl methyl sites for hydroxylation is 2. The molecule has 0 aliphatic rings. The molecule has 0 saturated carbocycles. The van der Waals surface area contributed by atoms with Gasteiger partial charge in [-0.25, -0.2) is 26.3 Å². The van der Waals surface area contributed by atoms with Crippen LogP contribution in [0.5, 0.6) is 5.75 Å². The number of phenolic OH excluding ortho intramolecular Hbond substituents is 1. The predicted molar refractivity (Wildman–Crippen MR) is 139 cm³/mol. The van der Waals surface area contributed by atoms with E-state index < -0.39 is 20.0 Å². The van der Waals surface area contributed by atoms with Crippen molar-refractivity contribution in [1.29, 1.82) is 0 Å². The molecule has 7 nitrogen and oxygen atoms in total. The fourth-order valence-corrected chi connectivity index (χ4v) is 6.57. The summed E-state index contributed by atoms with van der Waals surface area (Å²) < 4.78 is 54.3. The number of phenols is 1. The summed E-state index contributed by atoms with van der Waals surface area (Å²) in [6.07, 6.45) is 0. The number of anilines is 2. The monoisotopic (exact) mass is 550 g/mol. The molecule has 0 heterocycles. The molecule has 0 aliphatic heterocycles. The van der Waals surface area contributed by atoms with E-state index in [0.29, 0.717) is 21.2 Å². The summed E-state index contributed by atoms with van der Waals surface area (Å²) in [5.41, 5.74) is 1.67. The fourth-order valence-electron chi connectivity index (χ4n) is 3.75. The van der Waals surface area contributed by atoms with Gasteiger partial charge in [0.05, 0.1) is 21.2 Å². The van der Waals surface area contributed by atoms with Crippen molar-refractivity contribution in [3.8, 4) is 5.75 Å². The Labute approximate surface area is 213 Å². The molecule has 0 saturated heterocycles. The Bertz CT molecular complexity index is 1650. The molecule has 0 aliphatic carbocycles. The van der Waals surface area contributed by atoms with Crippen molar-refractivity contribution in [2.24, 2.45) is 5.14 Å². The molecule has 4 rings (SSSR count). The van der Waals surface area contributed by atoms with Gasteiger partial charge in [-0.1, -0.05) is 41.4 Å². The third-order valence-electron chi connectivity index (χ3n) is 5.50. The molecule has 4 aromatic carbocycles. The number of aromatic hydroxyl groups is 1. The lowest BCUT2D eigenvalue weighted by atomic mass is 10.1. The van der Waals surface area contributed by atoms with Crippen LogP contribution in [0.2, 0.25) is 10.0 Å². The summed E-state index contributed by atoms with van der Waals surface area (Å²) in [5.74, 6) is -0.193. The van der Waals surface area contributed by atoms with Gasteiger partial charge < -0.3 is 5.11 Å². The highest BCUT2D eigenvalue weighted by atomic mass is 35.5. The Morgan fingerprint density at radius 3 is 1.83 bits per heavy atom. The van der Waals surface area contributed by atoms with Gasteiger partial charge in [-0.3, -0.25) is 0 Å². The van der Waals surface area contributed by atoms with E-state index in [1.165, 1.54) is 36.4 Å². The van der Waals surface area contributed by atoms with E-state index in [1.807, 2.05) is 0 Å². The molecule has 11 heteroatoms. The molecule has 0 atom stereocenters. The summed E-state index contributed by atoms with van der Waals surface area (Å²) in [4.78, 5) is -0.756. The van der Waals surface area contributed by atoms with Crippen LogP contribution in [0.15, 0.2) is 76.5 Å². The molecule has 0 aromatic heterocycles. The first-order valence-corrected chi connectivity index (χ1v) is 13.9. The summed E-state index contributed by atoms with van der Waals surface area (Å²) >= 11 is 12.5. The number of nitrogens with zero attached hydrogens (tertiary/aromatic N) is 1. The van der Waals surface area contributed by atoms with Crippen LogP contribution in [-0.2, 0) is 20.0 Å². The van der Waals surface area contributed by atoms with Crippen molar-refractivity contribution in [2.75, 3.05) is 4.31 Å². The Morgan fingerprint density at radius 2 is 1.31 bits per heavy atom. The zero-order chi connectivity index (χ0) is 25.7. The molecule has 0 fully saturated rings. The third kappa shape index (κ3) is 4.82. The minimum atomic E-state index is -4.53. The van der Waals surface area contributed by atoms with E-state index in [4.69, 9.17) is 28.3 Å². The van der Waals surface area contributed by atoms with Crippen LogP contribution in [-0.4, -0.2) is 21.9 Å². The van der Waals surface area contributed by atoms with Crippen LogP contribution in [0, 0.1) is 13.8 Å². The first kappa shape index (κ1) is 25.3. The minimum Gasteiger partial charge on any atom is -0.508 e. The molecule has 182 valence electrons. The van der Waals surface area contributed by atoms with Crippen molar-refractivity contribution in [2.45, 2.75) is 23.6 Å². The SMILES string of the molecule is Cc1ccc(Cl)cc1N(c1cc(Cl)ccc1C)S(=O)(=O)c1cc(S(N)(=O)=O)cc2ccc(O)cc12. The molecule has 0 radical (unpaired) electrons. The van der Waals surface area contributed by atoms with Gasteiger partial charge in [0.2, 0.25) is 10.0 Å². The summed E-state index contributed by atoms with van der Waals surface area (Å²) in [6, 6.07) is 15.8. The van der Waals surface area contributed by atoms with Crippen LogP contribution in [0.25, 0.3) is 10.8 Å². The molecular weight excluding hydrogens is 531 g/mol. The Kier molecular flexibility index (Phi) is 6.50. The van der Waals surface area contributed by atoms with E-state index in [0.717, 1.165) is 10.4 Å². The van der Waals surface area contributed by atoms with Gasteiger partial charge in [-0.15, -0.1) is 0 Å². The van der Waals surface area contributed by atoms with Crippen LogP contribution in [0.1, 0.15) is 11.1 Å². The predicted octanol–water partition coefficient (Wildman–Crippen LogP) is 5.64. The quantitative estimate of drug-likeness (QED) is 0.333. The van der Waals surface area contributed by atoms with Crippen LogP contribution in [0.4, 0.5) is 11.4 Å². The van der Waals surface area contributed by atoms with Gasteiger partial charge in [-0.2, -0.15) is 0 Å². The summed E-state index contributed by atoms with van der Waals surface area (Å²) in [6.45, 7) is 3.44. The zero-order valence-electron chi connectivity index (χ0n) is 18.5. The molecule has 0 bridgehead atoms. The van der Waals surface area contributed by atoms with E-state index in [-0.39, 0.29) is 37.7 Å². The highest BCUT2D eigenvalue weighted by molar-refractivity contribution is 7.93. The Balaban J connectivity index is 2.16. The summed E-state index contributed by atoms with van der Waals surface area (Å²) in [5, 5.41) is 16.4. The van der Waals surface area contributed by atoms with Crippen molar-refractivity contribution < 1.29 is 21.9 Å². The van der Waals surface area contributed by atoms with Crippen LogP contribution in [0.3, 0.4) is 0 Å². The van der Waals surface area contributed by atoms with Gasteiger partial charge in [0.25, 0.3) is 10.0 Å².